The van der Waals surface area contributed by atoms with E-state index in [1.165, 1.54) is 17.5 Å². The molecule has 1 rings (SSSR count). The SMILES string of the molecule is CCC(C)c1cnccc1C(C)C. The summed E-state index contributed by atoms with van der Waals surface area (Å²) in [5, 5.41) is 0. The first-order valence-corrected chi connectivity index (χ1v) is 5.10. The minimum absolute atomic E-state index is 0.604. The number of pyridine rings is 1. The quantitative estimate of drug-likeness (QED) is 0.685. The van der Waals surface area contributed by atoms with Gasteiger partial charge in [0.2, 0.25) is 0 Å². The second kappa shape index (κ2) is 4.40. The second-order valence-electron chi connectivity index (χ2n) is 3.97. The van der Waals surface area contributed by atoms with E-state index in [9.17, 15) is 0 Å². The summed E-state index contributed by atoms with van der Waals surface area (Å²) in [6.45, 7) is 8.97. The second-order valence-corrected chi connectivity index (χ2v) is 3.97. The largest absolute Gasteiger partial charge is 0.264 e. The van der Waals surface area contributed by atoms with Gasteiger partial charge in [-0.05, 0) is 35.4 Å². The van der Waals surface area contributed by atoms with Crippen molar-refractivity contribution in [3.05, 3.63) is 29.6 Å². The summed E-state index contributed by atoms with van der Waals surface area (Å²) in [6, 6.07) is 2.14. The summed E-state index contributed by atoms with van der Waals surface area (Å²) in [5.41, 5.74) is 2.87. The molecule has 0 aliphatic heterocycles. The van der Waals surface area contributed by atoms with Gasteiger partial charge < -0.3 is 0 Å². The van der Waals surface area contributed by atoms with Gasteiger partial charge in [0.15, 0.2) is 0 Å². The lowest BCUT2D eigenvalue weighted by Gasteiger charge is -2.16. The van der Waals surface area contributed by atoms with Crippen molar-refractivity contribution < 1.29 is 0 Å². The Hall–Kier alpha value is -0.850. The predicted molar refractivity (Wildman–Crippen MR) is 57.0 cm³/mol. The van der Waals surface area contributed by atoms with E-state index in [0.717, 1.165) is 0 Å². The summed E-state index contributed by atoms with van der Waals surface area (Å²) in [5.74, 6) is 1.23. The number of aromatic nitrogens is 1. The molecule has 0 bridgehead atoms. The van der Waals surface area contributed by atoms with E-state index in [4.69, 9.17) is 0 Å². The van der Waals surface area contributed by atoms with Crippen LogP contribution < -0.4 is 0 Å². The Morgan fingerprint density at radius 3 is 2.46 bits per heavy atom. The van der Waals surface area contributed by atoms with E-state index in [2.05, 4.69) is 38.7 Å². The van der Waals surface area contributed by atoms with Crippen molar-refractivity contribution in [3.8, 4) is 0 Å². The monoisotopic (exact) mass is 177 g/mol. The van der Waals surface area contributed by atoms with Crippen molar-refractivity contribution in [2.75, 3.05) is 0 Å². The van der Waals surface area contributed by atoms with Crippen molar-refractivity contribution in [3.63, 3.8) is 0 Å². The molecule has 1 heterocycles. The number of nitrogens with zero attached hydrogens (tertiary/aromatic N) is 1. The highest BCUT2D eigenvalue weighted by Crippen LogP contribution is 2.26. The zero-order chi connectivity index (χ0) is 9.84. The number of hydrogen-bond donors (Lipinski definition) is 0. The topological polar surface area (TPSA) is 12.9 Å². The van der Waals surface area contributed by atoms with Gasteiger partial charge in [-0.15, -0.1) is 0 Å². The highest BCUT2D eigenvalue weighted by Gasteiger charge is 2.10. The Labute approximate surface area is 81.2 Å². The fraction of sp³-hybridized carbons (Fsp3) is 0.583. The Morgan fingerprint density at radius 1 is 1.23 bits per heavy atom. The Bertz CT molecular complexity index is 266. The molecule has 13 heavy (non-hydrogen) atoms. The Balaban J connectivity index is 3.04. The van der Waals surface area contributed by atoms with Gasteiger partial charge in [0, 0.05) is 12.4 Å². The first kappa shape index (κ1) is 10.2. The molecule has 1 aromatic rings. The summed E-state index contributed by atoms with van der Waals surface area (Å²) < 4.78 is 0. The van der Waals surface area contributed by atoms with E-state index in [0.29, 0.717) is 11.8 Å². The summed E-state index contributed by atoms with van der Waals surface area (Å²) >= 11 is 0. The van der Waals surface area contributed by atoms with Gasteiger partial charge in [-0.2, -0.15) is 0 Å². The smallest absolute Gasteiger partial charge is 0.0305 e. The molecule has 0 fully saturated rings. The van der Waals surface area contributed by atoms with Gasteiger partial charge >= 0.3 is 0 Å². The van der Waals surface area contributed by atoms with Crippen LogP contribution in [0.3, 0.4) is 0 Å². The third-order valence-electron chi connectivity index (χ3n) is 2.65. The minimum Gasteiger partial charge on any atom is -0.264 e. The van der Waals surface area contributed by atoms with Crippen molar-refractivity contribution in [1.29, 1.82) is 0 Å². The highest BCUT2D eigenvalue weighted by molar-refractivity contribution is 5.29. The van der Waals surface area contributed by atoms with Gasteiger partial charge in [-0.3, -0.25) is 4.98 Å². The van der Waals surface area contributed by atoms with Gasteiger partial charge in [-0.1, -0.05) is 27.7 Å². The lowest BCUT2D eigenvalue weighted by Crippen LogP contribution is -2.00. The van der Waals surface area contributed by atoms with Crippen LogP contribution in [0.2, 0.25) is 0 Å². The molecular formula is C12H19N. The fourth-order valence-electron chi connectivity index (χ4n) is 1.57. The molecule has 0 aromatic carbocycles. The summed E-state index contributed by atoms with van der Waals surface area (Å²) in [6.07, 6.45) is 5.09. The zero-order valence-electron chi connectivity index (χ0n) is 9.04. The molecule has 0 aliphatic carbocycles. The Morgan fingerprint density at radius 2 is 1.92 bits per heavy atom. The third kappa shape index (κ3) is 2.30. The molecule has 1 atom stereocenters. The van der Waals surface area contributed by atoms with Crippen LogP contribution >= 0.6 is 0 Å². The lowest BCUT2D eigenvalue weighted by atomic mass is 9.90. The van der Waals surface area contributed by atoms with Gasteiger partial charge in [0.1, 0.15) is 0 Å². The summed E-state index contributed by atoms with van der Waals surface area (Å²) in [4.78, 5) is 4.20. The molecule has 1 aromatic heterocycles. The van der Waals surface area contributed by atoms with E-state index < -0.39 is 0 Å². The van der Waals surface area contributed by atoms with Crippen LogP contribution in [0.15, 0.2) is 18.5 Å². The molecule has 0 saturated carbocycles. The molecule has 1 nitrogen and oxygen atoms in total. The van der Waals surface area contributed by atoms with Gasteiger partial charge in [0.25, 0.3) is 0 Å². The van der Waals surface area contributed by atoms with Crippen molar-refractivity contribution >= 4 is 0 Å². The van der Waals surface area contributed by atoms with Crippen molar-refractivity contribution in [1.82, 2.24) is 4.98 Å². The fourth-order valence-corrected chi connectivity index (χ4v) is 1.57. The van der Waals surface area contributed by atoms with Crippen LogP contribution in [0.25, 0.3) is 0 Å². The van der Waals surface area contributed by atoms with Crippen LogP contribution in [0.1, 0.15) is 57.1 Å². The molecule has 1 heteroatoms. The maximum absolute atomic E-state index is 4.20. The van der Waals surface area contributed by atoms with E-state index >= 15 is 0 Å². The molecule has 1 unspecified atom stereocenters. The van der Waals surface area contributed by atoms with Crippen LogP contribution in [-0.4, -0.2) is 4.98 Å². The van der Waals surface area contributed by atoms with Crippen molar-refractivity contribution in [2.24, 2.45) is 0 Å². The van der Waals surface area contributed by atoms with Crippen LogP contribution in [0.5, 0.6) is 0 Å². The van der Waals surface area contributed by atoms with Crippen LogP contribution in [0, 0.1) is 0 Å². The molecule has 0 saturated heterocycles. The third-order valence-corrected chi connectivity index (χ3v) is 2.65. The molecule has 0 spiro atoms. The van der Waals surface area contributed by atoms with E-state index in [1.54, 1.807) is 0 Å². The zero-order valence-corrected chi connectivity index (χ0v) is 9.04. The van der Waals surface area contributed by atoms with Crippen molar-refractivity contribution in [2.45, 2.75) is 46.0 Å². The van der Waals surface area contributed by atoms with Crippen LogP contribution in [-0.2, 0) is 0 Å². The van der Waals surface area contributed by atoms with Crippen LogP contribution in [0.4, 0.5) is 0 Å². The molecule has 72 valence electrons. The molecule has 0 amide bonds. The lowest BCUT2D eigenvalue weighted by molar-refractivity contribution is 0.703. The Kier molecular flexibility index (Phi) is 3.47. The molecule has 0 aliphatic rings. The van der Waals surface area contributed by atoms with E-state index in [1.807, 2.05) is 12.4 Å². The maximum Gasteiger partial charge on any atom is 0.0305 e. The molecular weight excluding hydrogens is 158 g/mol. The first-order valence-electron chi connectivity index (χ1n) is 5.10. The standard InChI is InChI=1S/C12H19N/c1-5-10(4)12-8-13-7-6-11(12)9(2)3/h6-10H,5H2,1-4H3. The predicted octanol–water partition coefficient (Wildman–Crippen LogP) is 3.72. The van der Waals surface area contributed by atoms with Gasteiger partial charge in [-0.25, -0.2) is 0 Å². The van der Waals surface area contributed by atoms with E-state index in [-0.39, 0.29) is 0 Å². The summed E-state index contributed by atoms with van der Waals surface area (Å²) in [7, 11) is 0. The number of rotatable bonds is 3. The molecule has 0 radical (unpaired) electrons. The first-order chi connectivity index (χ1) is 6.16. The number of hydrogen-bond acceptors (Lipinski definition) is 1. The molecule has 0 N–H and O–H groups in total. The average molecular weight is 177 g/mol. The average Bonchev–Trinajstić information content (AvgIpc) is 2.16. The maximum atomic E-state index is 4.20. The van der Waals surface area contributed by atoms with Gasteiger partial charge in [0.05, 0.1) is 0 Å². The highest BCUT2D eigenvalue weighted by atomic mass is 14.6. The normalized spacial score (nSPS) is 13.3. The minimum atomic E-state index is 0.604.